The van der Waals surface area contributed by atoms with E-state index < -0.39 is 0 Å². The number of rotatable bonds is 3. The lowest BCUT2D eigenvalue weighted by Gasteiger charge is -2.25. The van der Waals surface area contributed by atoms with Crippen molar-refractivity contribution in [3.8, 4) is 6.07 Å². The standard InChI is InChI=1S/C10H14N4O/c1-9(2)14(6-3-4-11)10(15)13-7-5-12-8-13/h5,7-9H,3,6H2,1-2H3. The highest BCUT2D eigenvalue weighted by molar-refractivity contribution is 5.76. The Morgan fingerprint density at radius 3 is 2.87 bits per heavy atom. The third-order valence-corrected chi connectivity index (χ3v) is 2.06. The SMILES string of the molecule is CC(C)N(CCC#N)C(=O)n1ccnc1. The van der Waals surface area contributed by atoms with E-state index in [0.717, 1.165) is 0 Å². The molecule has 80 valence electrons. The fourth-order valence-electron chi connectivity index (χ4n) is 1.27. The molecule has 0 atom stereocenters. The summed E-state index contributed by atoms with van der Waals surface area (Å²) < 4.78 is 1.41. The van der Waals surface area contributed by atoms with Gasteiger partial charge in [0.15, 0.2) is 0 Å². The molecule has 0 aromatic carbocycles. The van der Waals surface area contributed by atoms with Gasteiger partial charge in [0.25, 0.3) is 0 Å². The first kappa shape index (κ1) is 11.2. The number of nitriles is 1. The molecule has 5 heteroatoms. The molecule has 0 aliphatic carbocycles. The number of carbonyl (C=O) groups excluding carboxylic acids is 1. The molecule has 1 rings (SSSR count). The molecule has 0 saturated carbocycles. The van der Waals surface area contributed by atoms with Gasteiger partial charge in [-0.2, -0.15) is 5.26 Å². The van der Waals surface area contributed by atoms with Crippen molar-refractivity contribution in [1.29, 1.82) is 5.26 Å². The summed E-state index contributed by atoms with van der Waals surface area (Å²) in [5.41, 5.74) is 0. The van der Waals surface area contributed by atoms with Gasteiger partial charge in [0, 0.05) is 25.0 Å². The van der Waals surface area contributed by atoms with Gasteiger partial charge in [0.2, 0.25) is 0 Å². The second-order valence-corrected chi connectivity index (χ2v) is 3.45. The summed E-state index contributed by atoms with van der Waals surface area (Å²) >= 11 is 0. The summed E-state index contributed by atoms with van der Waals surface area (Å²) in [6.45, 7) is 4.30. The monoisotopic (exact) mass is 206 g/mol. The Morgan fingerprint density at radius 1 is 1.67 bits per heavy atom. The molecule has 0 aliphatic rings. The molecule has 1 aromatic rings. The van der Waals surface area contributed by atoms with Crippen LogP contribution in [0.3, 0.4) is 0 Å². The van der Waals surface area contributed by atoms with Crippen molar-refractivity contribution in [1.82, 2.24) is 14.5 Å². The normalized spacial score (nSPS) is 10.0. The minimum absolute atomic E-state index is 0.0771. The number of carbonyl (C=O) groups is 1. The van der Waals surface area contributed by atoms with Gasteiger partial charge in [-0.25, -0.2) is 9.78 Å². The van der Waals surface area contributed by atoms with Crippen LogP contribution in [0.4, 0.5) is 4.79 Å². The van der Waals surface area contributed by atoms with Crippen molar-refractivity contribution in [2.24, 2.45) is 0 Å². The summed E-state index contributed by atoms with van der Waals surface area (Å²) in [5.74, 6) is 0. The molecule has 0 radical (unpaired) electrons. The highest BCUT2D eigenvalue weighted by Gasteiger charge is 2.17. The first-order valence-corrected chi connectivity index (χ1v) is 4.82. The van der Waals surface area contributed by atoms with Crippen molar-refractivity contribution < 1.29 is 4.79 Å². The zero-order valence-electron chi connectivity index (χ0n) is 8.92. The molecule has 0 saturated heterocycles. The van der Waals surface area contributed by atoms with Gasteiger partial charge < -0.3 is 4.90 Å². The molecule has 0 unspecified atom stereocenters. The third kappa shape index (κ3) is 2.81. The lowest BCUT2D eigenvalue weighted by Crippen LogP contribution is -2.39. The first-order chi connectivity index (χ1) is 7.16. The summed E-state index contributed by atoms with van der Waals surface area (Å²) in [5, 5.41) is 8.50. The molecule has 0 aliphatic heterocycles. The topological polar surface area (TPSA) is 61.9 Å². The van der Waals surface area contributed by atoms with E-state index in [1.54, 1.807) is 17.3 Å². The lowest BCUT2D eigenvalue weighted by atomic mass is 10.3. The average Bonchev–Trinajstić information content (AvgIpc) is 2.70. The molecule has 5 nitrogen and oxygen atoms in total. The van der Waals surface area contributed by atoms with E-state index in [1.807, 2.05) is 19.9 Å². The van der Waals surface area contributed by atoms with Crippen LogP contribution in [-0.2, 0) is 0 Å². The summed E-state index contributed by atoms with van der Waals surface area (Å²) in [7, 11) is 0. The Labute approximate surface area is 88.9 Å². The average molecular weight is 206 g/mol. The van der Waals surface area contributed by atoms with Gasteiger partial charge in [-0.3, -0.25) is 4.57 Å². The van der Waals surface area contributed by atoms with E-state index in [4.69, 9.17) is 5.26 Å². The number of hydrogen-bond acceptors (Lipinski definition) is 3. The minimum Gasteiger partial charge on any atom is -0.321 e. The van der Waals surface area contributed by atoms with Gasteiger partial charge in [0.05, 0.1) is 12.5 Å². The highest BCUT2D eigenvalue weighted by Crippen LogP contribution is 2.03. The molecular formula is C10H14N4O. The van der Waals surface area contributed by atoms with Crippen LogP contribution in [-0.4, -0.2) is 33.1 Å². The highest BCUT2D eigenvalue weighted by atomic mass is 16.2. The Morgan fingerprint density at radius 2 is 2.40 bits per heavy atom. The molecule has 0 bridgehead atoms. The Kier molecular flexibility index (Phi) is 3.86. The van der Waals surface area contributed by atoms with E-state index in [1.165, 1.54) is 10.9 Å². The van der Waals surface area contributed by atoms with Gasteiger partial charge in [-0.05, 0) is 13.8 Å². The molecular weight excluding hydrogens is 192 g/mol. The van der Waals surface area contributed by atoms with Crippen molar-refractivity contribution in [2.45, 2.75) is 26.3 Å². The van der Waals surface area contributed by atoms with Crippen LogP contribution in [0.1, 0.15) is 20.3 Å². The predicted molar refractivity (Wildman–Crippen MR) is 55.1 cm³/mol. The van der Waals surface area contributed by atoms with Crippen LogP contribution in [0.25, 0.3) is 0 Å². The smallest absolute Gasteiger partial charge is 0.321 e. The molecule has 15 heavy (non-hydrogen) atoms. The number of aromatic nitrogens is 2. The first-order valence-electron chi connectivity index (χ1n) is 4.82. The van der Waals surface area contributed by atoms with Gasteiger partial charge >= 0.3 is 6.03 Å². The zero-order chi connectivity index (χ0) is 11.3. The maximum absolute atomic E-state index is 11.9. The molecule has 0 N–H and O–H groups in total. The molecule has 1 heterocycles. The van der Waals surface area contributed by atoms with E-state index in [2.05, 4.69) is 4.98 Å². The number of imidazole rings is 1. The Bertz CT molecular complexity index is 350. The van der Waals surface area contributed by atoms with Gasteiger partial charge in [-0.1, -0.05) is 0 Å². The van der Waals surface area contributed by atoms with E-state index in [0.29, 0.717) is 13.0 Å². The summed E-state index contributed by atoms with van der Waals surface area (Å²) in [6, 6.07) is 1.97. The molecule has 0 fully saturated rings. The van der Waals surface area contributed by atoms with Crippen molar-refractivity contribution in [2.75, 3.05) is 6.54 Å². The van der Waals surface area contributed by atoms with Crippen LogP contribution >= 0.6 is 0 Å². The summed E-state index contributed by atoms with van der Waals surface area (Å²) in [4.78, 5) is 17.4. The maximum atomic E-state index is 11.9. The van der Waals surface area contributed by atoms with Crippen LogP contribution in [0.15, 0.2) is 18.7 Å². The van der Waals surface area contributed by atoms with Crippen molar-refractivity contribution >= 4 is 6.03 Å². The Hall–Kier alpha value is -1.83. The molecule has 0 spiro atoms. The lowest BCUT2D eigenvalue weighted by molar-refractivity contribution is 0.186. The molecule has 1 amide bonds. The zero-order valence-corrected chi connectivity index (χ0v) is 8.92. The van der Waals surface area contributed by atoms with E-state index in [-0.39, 0.29) is 12.1 Å². The van der Waals surface area contributed by atoms with Crippen molar-refractivity contribution in [3.05, 3.63) is 18.7 Å². The second kappa shape index (κ2) is 5.15. The maximum Gasteiger partial charge on any atom is 0.329 e. The van der Waals surface area contributed by atoms with Gasteiger partial charge in [0.1, 0.15) is 6.33 Å². The van der Waals surface area contributed by atoms with Crippen LogP contribution in [0.2, 0.25) is 0 Å². The third-order valence-electron chi connectivity index (χ3n) is 2.06. The number of hydrogen-bond donors (Lipinski definition) is 0. The van der Waals surface area contributed by atoms with E-state index >= 15 is 0 Å². The summed E-state index contributed by atoms with van der Waals surface area (Å²) in [6.07, 6.45) is 4.97. The second-order valence-electron chi connectivity index (χ2n) is 3.45. The number of amides is 1. The Balaban J connectivity index is 2.73. The van der Waals surface area contributed by atoms with Crippen LogP contribution in [0.5, 0.6) is 0 Å². The number of nitrogens with zero attached hydrogens (tertiary/aromatic N) is 4. The van der Waals surface area contributed by atoms with Crippen LogP contribution < -0.4 is 0 Å². The van der Waals surface area contributed by atoms with E-state index in [9.17, 15) is 4.79 Å². The molecule has 1 aromatic heterocycles. The van der Waals surface area contributed by atoms with Crippen molar-refractivity contribution in [3.63, 3.8) is 0 Å². The fourth-order valence-corrected chi connectivity index (χ4v) is 1.27. The van der Waals surface area contributed by atoms with Gasteiger partial charge in [-0.15, -0.1) is 0 Å². The fraction of sp³-hybridized carbons (Fsp3) is 0.500. The largest absolute Gasteiger partial charge is 0.329 e. The van der Waals surface area contributed by atoms with Crippen LogP contribution in [0, 0.1) is 11.3 Å². The quantitative estimate of drug-likeness (QED) is 0.752. The predicted octanol–water partition coefficient (Wildman–Crippen LogP) is 1.48. The minimum atomic E-state index is -0.141.